The van der Waals surface area contributed by atoms with Crippen molar-refractivity contribution in [3.8, 4) is 11.5 Å². The Balaban J connectivity index is 2.31. The zero-order chi connectivity index (χ0) is 13.0. The number of nitrogens with one attached hydrogen (secondary N) is 1. The molecule has 0 fully saturated rings. The standard InChI is InChI=1S/C11H13ClN4O2/c1-17-6-4-14-10-8(12)9(15-11(13)16-10)7-3-2-5-18-7/h2-3,5H,4,6H2,1H3,(H3,13,14,15,16). The predicted molar refractivity (Wildman–Crippen MR) is 69.5 cm³/mol. The minimum atomic E-state index is 0.130. The third-order valence-corrected chi connectivity index (χ3v) is 2.58. The first-order chi connectivity index (χ1) is 8.72. The topological polar surface area (TPSA) is 86.2 Å². The Kier molecular flexibility index (Phi) is 4.01. The Labute approximate surface area is 109 Å². The first-order valence-electron chi connectivity index (χ1n) is 5.32. The zero-order valence-electron chi connectivity index (χ0n) is 9.81. The molecule has 0 atom stereocenters. The monoisotopic (exact) mass is 268 g/mol. The van der Waals surface area contributed by atoms with Crippen molar-refractivity contribution >= 4 is 23.4 Å². The summed E-state index contributed by atoms with van der Waals surface area (Å²) < 4.78 is 10.2. The molecule has 0 aliphatic heterocycles. The molecule has 0 aliphatic carbocycles. The first-order valence-corrected chi connectivity index (χ1v) is 5.70. The molecule has 2 aromatic rings. The Morgan fingerprint density at radius 2 is 2.33 bits per heavy atom. The molecule has 96 valence electrons. The van der Waals surface area contributed by atoms with Crippen LogP contribution in [0.1, 0.15) is 0 Å². The van der Waals surface area contributed by atoms with E-state index < -0.39 is 0 Å². The summed E-state index contributed by atoms with van der Waals surface area (Å²) >= 11 is 6.21. The number of aromatic nitrogens is 2. The largest absolute Gasteiger partial charge is 0.463 e. The Hall–Kier alpha value is -1.79. The summed E-state index contributed by atoms with van der Waals surface area (Å²) in [5.41, 5.74) is 6.11. The lowest BCUT2D eigenvalue weighted by Gasteiger charge is -2.09. The van der Waals surface area contributed by atoms with Gasteiger partial charge in [0.05, 0.1) is 12.9 Å². The van der Waals surface area contributed by atoms with Crippen molar-refractivity contribution in [3.05, 3.63) is 23.4 Å². The SMILES string of the molecule is COCCNc1nc(N)nc(-c2ccco2)c1Cl. The van der Waals surface area contributed by atoms with E-state index in [-0.39, 0.29) is 5.95 Å². The number of halogens is 1. The van der Waals surface area contributed by atoms with Gasteiger partial charge < -0.3 is 20.2 Å². The van der Waals surface area contributed by atoms with E-state index in [9.17, 15) is 0 Å². The normalized spacial score (nSPS) is 10.6. The van der Waals surface area contributed by atoms with Crippen LogP contribution in [-0.2, 0) is 4.74 Å². The van der Waals surface area contributed by atoms with Crippen LogP contribution in [0.25, 0.3) is 11.5 Å². The highest BCUT2D eigenvalue weighted by atomic mass is 35.5. The van der Waals surface area contributed by atoms with Crippen LogP contribution in [0.3, 0.4) is 0 Å². The maximum Gasteiger partial charge on any atom is 0.222 e. The molecule has 0 aliphatic rings. The summed E-state index contributed by atoms with van der Waals surface area (Å²) in [4.78, 5) is 8.12. The lowest BCUT2D eigenvalue weighted by molar-refractivity contribution is 0.210. The third-order valence-electron chi connectivity index (χ3n) is 2.22. The highest BCUT2D eigenvalue weighted by molar-refractivity contribution is 6.35. The number of nitrogens with zero attached hydrogens (tertiary/aromatic N) is 2. The van der Waals surface area contributed by atoms with Gasteiger partial charge in [0, 0.05) is 13.7 Å². The van der Waals surface area contributed by atoms with E-state index in [1.807, 2.05) is 0 Å². The molecule has 18 heavy (non-hydrogen) atoms. The van der Waals surface area contributed by atoms with Crippen LogP contribution in [0.5, 0.6) is 0 Å². The van der Waals surface area contributed by atoms with E-state index in [1.165, 1.54) is 0 Å². The maximum absolute atomic E-state index is 6.21. The number of methoxy groups -OCH3 is 1. The van der Waals surface area contributed by atoms with Crippen LogP contribution in [0, 0.1) is 0 Å². The second-order valence-electron chi connectivity index (χ2n) is 3.49. The molecule has 0 bridgehead atoms. The molecule has 7 heteroatoms. The summed E-state index contributed by atoms with van der Waals surface area (Å²) in [6.45, 7) is 1.11. The van der Waals surface area contributed by atoms with Gasteiger partial charge in [-0.3, -0.25) is 0 Å². The van der Waals surface area contributed by atoms with Gasteiger partial charge in [0.15, 0.2) is 11.6 Å². The third kappa shape index (κ3) is 2.72. The lowest BCUT2D eigenvalue weighted by Crippen LogP contribution is -2.11. The number of hydrogen-bond donors (Lipinski definition) is 2. The molecule has 0 aromatic carbocycles. The van der Waals surface area contributed by atoms with E-state index in [0.717, 1.165) is 0 Å². The molecule has 6 nitrogen and oxygen atoms in total. The number of anilines is 2. The summed E-state index contributed by atoms with van der Waals surface area (Å²) in [7, 11) is 1.62. The zero-order valence-corrected chi connectivity index (χ0v) is 10.6. The second kappa shape index (κ2) is 5.70. The van der Waals surface area contributed by atoms with Crippen molar-refractivity contribution in [1.29, 1.82) is 0 Å². The van der Waals surface area contributed by atoms with Gasteiger partial charge in [0.1, 0.15) is 10.7 Å². The van der Waals surface area contributed by atoms with Crippen LogP contribution in [0.4, 0.5) is 11.8 Å². The molecule has 0 saturated heterocycles. The second-order valence-corrected chi connectivity index (χ2v) is 3.87. The van der Waals surface area contributed by atoms with Crippen molar-refractivity contribution in [2.75, 3.05) is 31.3 Å². The van der Waals surface area contributed by atoms with Gasteiger partial charge in [-0.1, -0.05) is 11.6 Å². The molecular weight excluding hydrogens is 256 g/mol. The fourth-order valence-electron chi connectivity index (χ4n) is 1.43. The van der Waals surface area contributed by atoms with Crippen LogP contribution < -0.4 is 11.1 Å². The molecule has 3 N–H and O–H groups in total. The quantitative estimate of drug-likeness (QED) is 0.807. The van der Waals surface area contributed by atoms with E-state index in [4.69, 9.17) is 26.5 Å². The summed E-state index contributed by atoms with van der Waals surface area (Å²) in [5, 5.41) is 3.40. The van der Waals surface area contributed by atoms with Gasteiger partial charge in [-0.15, -0.1) is 0 Å². The van der Waals surface area contributed by atoms with Crippen molar-refractivity contribution in [3.63, 3.8) is 0 Å². The van der Waals surface area contributed by atoms with E-state index in [2.05, 4.69) is 15.3 Å². The number of furan rings is 1. The number of ether oxygens (including phenoxy) is 1. The number of rotatable bonds is 5. The molecule has 2 rings (SSSR count). The minimum absolute atomic E-state index is 0.130. The smallest absolute Gasteiger partial charge is 0.222 e. The molecule has 2 aromatic heterocycles. The number of nitrogens with two attached hydrogens (primary N) is 1. The molecule has 2 heterocycles. The van der Waals surface area contributed by atoms with Gasteiger partial charge in [0.2, 0.25) is 5.95 Å². The van der Waals surface area contributed by atoms with E-state index >= 15 is 0 Å². The van der Waals surface area contributed by atoms with Gasteiger partial charge >= 0.3 is 0 Å². The first kappa shape index (κ1) is 12.7. The maximum atomic E-state index is 6.21. The number of hydrogen-bond acceptors (Lipinski definition) is 6. The highest BCUT2D eigenvalue weighted by Crippen LogP contribution is 2.31. The Bertz CT molecular complexity index is 516. The molecule has 0 unspecified atom stereocenters. The average Bonchev–Trinajstić information content (AvgIpc) is 2.87. The van der Waals surface area contributed by atoms with Crippen LogP contribution in [0.15, 0.2) is 22.8 Å². The average molecular weight is 269 g/mol. The van der Waals surface area contributed by atoms with Crippen molar-refractivity contribution in [1.82, 2.24) is 9.97 Å². The summed E-state index contributed by atoms with van der Waals surface area (Å²) in [6, 6.07) is 3.51. The lowest BCUT2D eigenvalue weighted by atomic mass is 10.3. The molecule has 0 saturated carbocycles. The minimum Gasteiger partial charge on any atom is -0.463 e. The molecular formula is C11H13ClN4O2. The highest BCUT2D eigenvalue weighted by Gasteiger charge is 2.14. The van der Waals surface area contributed by atoms with Crippen LogP contribution >= 0.6 is 11.6 Å². The number of nitrogen functional groups attached to an aromatic ring is 1. The fraction of sp³-hybridized carbons (Fsp3) is 0.273. The van der Waals surface area contributed by atoms with Crippen molar-refractivity contribution in [2.45, 2.75) is 0 Å². The van der Waals surface area contributed by atoms with Gasteiger partial charge in [-0.2, -0.15) is 4.98 Å². The van der Waals surface area contributed by atoms with Gasteiger partial charge in [0.25, 0.3) is 0 Å². The van der Waals surface area contributed by atoms with Crippen molar-refractivity contribution in [2.24, 2.45) is 0 Å². The molecule has 0 amide bonds. The summed E-state index contributed by atoms with van der Waals surface area (Å²) in [5.74, 6) is 1.14. The molecule has 0 radical (unpaired) electrons. The van der Waals surface area contributed by atoms with Crippen molar-refractivity contribution < 1.29 is 9.15 Å². The Morgan fingerprint density at radius 1 is 1.50 bits per heavy atom. The Morgan fingerprint density at radius 3 is 3.00 bits per heavy atom. The predicted octanol–water partition coefficient (Wildman–Crippen LogP) is 2.03. The van der Waals surface area contributed by atoms with Gasteiger partial charge in [-0.05, 0) is 12.1 Å². The van der Waals surface area contributed by atoms with Gasteiger partial charge in [-0.25, -0.2) is 4.98 Å². The summed E-state index contributed by atoms with van der Waals surface area (Å²) in [6.07, 6.45) is 1.54. The molecule has 0 spiro atoms. The van der Waals surface area contributed by atoms with E-state index in [1.54, 1.807) is 25.5 Å². The van der Waals surface area contributed by atoms with E-state index in [0.29, 0.717) is 35.4 Å². The fourth-order valence-corrected chi connectivity index (χ4v) is 1.67. The van der Waals surface area contributed by atoms with Crippen LogP contribution in [-0.4, -0.2) is 30.2 Å². The van der Waals surface area contributed by atoms with Crippen LogP contribution in [0.2, 0.25) is 5.02 Å².